The van der Waals surface area contributed by atoms with Crippen LogP contribution < -0.4 is 10.2 Å². The largest absolute Gasteiger partial charge is 0.479 e. The highest BCUT2D eigenvalue weighted by molar-refractivity contribution is 6.34. The molecule has 0 atom stereocenters. The molecule has 2 rings (SSSR count). The summed E-state index contributed by atoms with van der Waals surface area (Å²) in [6, 6.07) is 10.2. The summed E-state index contributed by atoms with van der Waals surface area (Å²) >= 11 is 12.1. The molecule has 4 nitrogen and oxygen atoms in total. The molecular formula is C18H14Cl2N2O2. The molecule has 0 bridgehead atoms. The standard InChI is InChI=1S/C18H14Cl2N2O2/c1-3-8-24-17-7-5-13(10-16(17)20)11-21-22-18(23)14-6-4-12(2)9-15(14)19/h1,4-7,9-11H,8H2,2H3,(H,22,23)/b21-11-. The Bertz CT molecular complexity index is 826. The Morgan fingerprint density at radius 1 is 1.29 bits per heavy atom. The van der Waals surface area contributed by atoms with Gasteiger partial charge in [-0.2, -0.15) is 5.10 Å². The van der Waals surface area contributed by atoms with Crippen molar-refractivity contribution in [2.75, 3.05) is 6.61 Å². The summed E-state index contributed by atoms with van der Waals surface area (Å²) in [6.07, 6.45) is 6.60. The summed E-state index contributed by atoms with van der Waals surface area (Å²) in [7, 11) is 0. The number of terminal acetylenes is 1. The van der Waals surface area contributed by atoms with Crippen molar-refractivity contribution >= 4 is 35.3 Å². The number of rotatable bonds is 5. The third-order valence-electron chi connectivity index (χ3n) is 3.02. The van der Waals surface area contributed by atoms with E-state index in [-0.39, 0.29) is 6.61 Å². The smallest absolute Gasteiger partial charge is 0.272 e. The van der Waals surface area contributed by atoms with Gasteiger partial charge in [0.05, 0.1) is 21.8 Å². The normalized spacial score (nSPS) is 10.4. The van der Waals surface area contributed by atoms with Gasteiger partial charge < -0.3 is 4.74 Å². The quantitative estimate of drug-likeness (QED) is 0.496. The highest BCUT2D eigenvalue weighted by atomic mass is 35.5. The van der Waals surface area contributed by atoms with Crippen molar-refractivity contribution < 1.29 is 9.53 Å². The van der Waals surface area contributed by atoms with Crippen LogP contribution in [0.1, 0.15) is 21.5 Å². The monoisotopic (exact) mass is 360 g/mol. The Balaban J connectivity index is 2.02. The van der Waals surface area contributed by atoms with Crippen molar-refractivity contribution in [3.05, 3.63) is 63.1 Å². The fourth-order valence-electron chi connectivity index (χ4n) is 1.86. The second kappa shape index (κ2) is 8.39. The number of hydrogen-bond donors (Lipinski definition) is 1. The third kappa shape index (κ3) is 4.76. The average Bonchev–Trinajstić information content (AvgIpc) is 2.54. The molecule has 0 spiro atoms. The van der Waals surface area contributed by atoms with Gasteiger partial charge in [-0.1, -0.05) is 35.2 Å². The number of carbonyl (C=O) groups is 1. The maximum atomic E-state index is 12.0. The van der Waals surface area contributed by atoms with Gasteiger partial charge in [0.1, 0.15) is 12.4 Å². The number of hydrazone groups is 1. The third-order valence-corrected chi connectivity index (χ3v) is 3.62. The van der Waals surface area contributed by atoms with Gasteiger partial charge in [0.15, 0.2) is 0 Å². The summed E-state index contributed by atoms with van der Waals surface area (Å²) in [6.45, 7) is 2.03. The van der Waals surface area contributed by atoms with Crippen molar-refractivity contribution in [2.24, 2.45) is 5.10 Å². The molecule has 2 aromatic carbocycles. The van der Waals surface area contributed by atoms with E-state index in [4.69, 9.17) is 34.4 Å². The van der Waals surface area contributed by atoms with Crippen LogP contribution in [-0.2, 0) is 0 Å². The molecule has 0 fully saturated rings. The van der Waals surface area contributed by atoms with Crippen molar-refractivity contribution in [2.45, 2.75) is 6.92 Å². The maximum Gasteiger partial charge on any atom is 0.272 e. The lowest BCUT2D eigenvalue weighted by atomic mass is 10.1. The number of halogens is 2. The van der Waals surface area contributed by atoms with Crippen LogP contribution in [0.5, 0.6) is 5.75 Å². The second-order valence-electron chi connectivity index (χ2n) is 4.87. The Morgan fingerprint density at radius 3 is 2.75 bits per heavy atom. The SMILES string of the molecule is C#CCOc1ccc(/C=N\NC(=O)c2ccc(C)cc2Cl)cc1Cl. The summed E-state index contributed by atoms with van der Waals surface area (Å²) in [5, 5.41) is 4.68. The van der Waals surface area contributed by atoms with Gasteiger partial charge in [0, 0.05) is 0 Å². The number of aryl methyl sites for hydroxylation is 1. The highest BCUT2D eigenvalue weighted by Crippen LogP contribution is 2.24. The van der Waals surface area contributed by atoms with Gasteiger partial charge in [-0.05, 0) is 48.4 Å². The van der Waals surface area contributed by atoms with E-state index in [1.54, 1.807) is 36.4 Å². The van der Waals surface area contributed by atoms with E-state index in [0.29, 0.717) is 26.9 Å². The average molecular weight is 361 g/mol. The molecule has 0 heterocycles. The van der Waals surface area contributed by atoms with Crippen molar-refractivity contribution in [1.82, 2.24) is 5.43 Å². The van der Waals surface area contributed by atoms with E-state index in [1.165, 1.54) is 6.21 Å². The van der Waals surface area contributed by atoms with E-state index in [2.05, 4.69) is 16.4 Å². The highest BCUT2D eigenvalue weighted by Gasteiger charge is 2.09. The number of nitrogens with one attached hydrogen (secondary N) is 1. The van der Waals surface area contributed by atoms with Crippen LogP contribution in [0.15, 0.2) is 41.5 Å². The number of benzene rings is 2. The zero-order valence-electron chi connectivity index (χ0n) is 12.8. The van der Waals surface area contributed by atoms with Crippen LogP contribution >= 0.6 is 23.2 Å². The second-order valence-corrected chi connectivity index (χ2v) is 5.68. The first-order chi connectivity index (χ1) is 11.5. The number of hydrogen-bond acceptors (Lipinski definition) is 3. The number of ether oxygens (including phenoxy) is 1. The van der Waals surface area contributed by atoms with E-state index in [9.17, 15) is 4.79 Å². The zero-order chi connectivity index (χ0) is 17.5. The molecule has 0 aliphatic rings. The van der Waals surface area contributed by atoms with E-state index < -0.39 is 5.91 Å². The topological polar surface area (TPSA) is 50.7 Å². The Labute approximate surface area is 150 Å². The summed E-state index contributed by atoms with van der Waals surface area (Å²) < 4.78 is 5.27. The van der Waals surface area contributed by atoms with Crippen LogP contribution in [0.25, 0.3) is 0 Å². The summed E-state index contributed by atoms with van der Waals surface area (Å²) in [5.41, 5.74) is 4.45. The molecule has 0 saturated carbocycles. The molecule has 0 saturated heterocycles. The van der Waals surface area contributed by atoms with Crippen LogP contribution in [0.4, 0.5) is 0 Å². The first-order valence-corrected chi connectivity index (χ1v) is 7.72. The molecule has 122 valence electrons. The van der Waals surface area contributed by atoms with Crippen molar-refractivity contribution in [3.63, 3.8) is 0 Å². The minimum Gasteiger partial charge on any atom is -0.479 e. The number of nitrogens with zero attached hydrogens (tertiary/aromatic N) is 1. The van der Waals surface area contributed by atoms with Gasteiger partial charge in [0.2, 0.25) is 0 Å². The van der Waals surface area contributed by atoms with Crippen LogP contribution in [0.3, 0.4) is 0 Å². The van der Waals surface area contributed by atoms with Gasteiger partial charge >= 0.3 is 0 Å². The number of amides is 1. The Morgan fingerprint density at radius 2 is 2.08 bits per heavy atom. The zero-order valence-corrected chi connectivity index (χ0v) is 14.4. The lowest BCUT2D eigenvalue weighted by molar-refractivity contribution is 0.0955. The fourth-order valence-corrected chi connectivity index (χ4v) is 2.43. The van der Waals surface area contributed by atoms with Crippen LogP contribution in [0, 0.1) is 19.3 Å². The minimum absolute atomic E-state index is 0.139. The molecule has 0 unspecified atom stereocenters. The predicted molar refractivity (Wildman–Crippen MR) is 97.0 cm³/mol. The Hall–Kier alpha value is -2.48. The molecule has 0 aliphatic heterocycles. The van der Waals surface area contributed by atoms with Gasteiger partial charge in [-0.25, -0.2) is 5.43 Å². The summed E-state index contributed by atoms with van der Waals surface area (Å²) in [5.74, 6) is 2.46. The maximum absolute atomic E-state index is 12.0. The van der Waals surface area contributed by atoms with E-state index in [1.807, 2.05) is 6.92 Å². The first kappa shape index (κ1) is 17.9. The lowest BCUT2D eigenvalue weighted by Gasteiger charge is -2.05. The van der Waals surface area contributed by atoms with Crippen molar-refractivity contribution in [3.8, 4) is 18.1 Å². The molecule has 0 radical (unpaired) electrons. The van der Waals surface area contributed by atoms with Crippen LogP contribution in [0.2, 0.25) is 10.0 Å². The molecule has 0 aromatic heterocycles. The van der Waals surface area contributed by atoms with Gasteiger partial charge in [-0.3, -0.25) is 4.79 Å². The summed E-state index contributed by atoms with van der Waals surface area (Å²) in [4.78, 5) is 12.0. The van der Waals surface area contributed by atoms with E-state index >= 15 is 0 Å². The molecule has 0 aliphatic carbocycles. The van der Waals surface area contributed by atoms with Crippen LogP contribution in [-0.4, -0.2) is 18.7 Å². The number of carbonyl (C=O) groups excluding carboxylic acids is 1. The lowest BCUT2D eigenvalue weighted by Crippen LogP contribution is -2.18. The Kier molecular flexibility index (Phi) is 6.25. The first-order valence-electron chi connectivity index (χ1n) is 6.96. The minimum atomic E-state index is -0.392. The van der Waals surface area contributed by atoms with Gasteiger partial charge in [-0.15, -0.1) is 6.42 Å². The molecule has 1 N–H and O–H groups in total. The molecular weight excluding hydrogens is 347 g/mol. The van der Waals surface area contributed by atoms with E-state index in [0.717, 1.165) is 5.56 Å². The predicted octanol–water partition coefficient (Wildman–Crippen LogP) is 4.08. The molecule has 2 aromatic rings. The molecule has 1 amide bonds. The molecule has 6 heteroatoms. The van der Waals surface area contributed by atoms with Gasteiger partial charge in [0.25, 0.3) is 5.91 Å². The molecule has 24 heavy (non-hydrogen) atoms. The fraction of sp³-hybridized carbons (Fsp3) is 0.111. The van der Waals surface area contributed by atoms with Crippen molar-refractivity contribution in [1.29, 1.82) is 0 Å².